The van der Waals surface area contributed by atoms with E-state index in [-0.39, 0.29) is 29.6 Å². The molecular weight excluding hydrogens is 1220 g/mol. The van der Waals surface area contributed by atoms with Gasteiger partial charge in [-0.2, -0.15) is 0 Å². The van der Waals surface area contributed by atoms with E-state index in [0.717, 1.165) is 12.5 Å². The normalized spacial score (nSPS) is 54.4. The summed E-state index contributed by atoms with van der Waals surface area (Å²) in [7, 11) is 0. The van der Waals surface area contributed by atoms with Gasteiger partial charge in [0.25, 0.3) is 0 Å². The maximum absolute atomic E-state index is 15.6. The molecule has 0 unspecified atom stereocenters. The van der Waals surface area contributed by atoms with Crippen LogP contribution in [0.1, 0.15) is 126 Å². The maximum Gasteiger partial charge on any atom is 0.315 e. The molecule has 5 aliphatic carbocycles. The number of rotatable bonds is 4. The second-order valence-corrected chi connectivity index (χ2v) is 30.5. The Kier molecular flexibility index (Phi) is 19.8. The molecule has 12 fully saturated rings. The van der Waals surface area contributed by atoms with E-state index < -0.39 is 244 Å². The number of allylic oxidation sites excluding steroid dienone is 2. The van der Waals surface area contributed by atoms with Crippen LogP contribution in [0.4, 0.5) is 0 Å². The molecule has 12 bridgehead atoms. The number of aliphatic hydroxyl groups excluding tert-OH is 13. The summed E-state index contributed by atoms with van der Waals surface area (Å²) in [6.45, 7) is 12.2. The predicted molar refractivity (Wildman–Crippen MR) is 306 cm³/mol. The third-order valence-corrected chi connectivity index (χ3v) is 24.0. The van der Waals surface area contributed by atoms with Crippen LogP contribution in [0.25, 0.3) is 0 Å². The first-order valence-electron chi connectivity index (χ1n) is 32.6. The maximum atomic E-state index is 15.6. The van der Waals surface area contributed by atoms with Gasteiger partial charge in [0.2, 0.25) is 6.29 Å². The second kappa shape index (κ2) is 25.8. The predicted octanol–water partition coefficient (Wildman–Crippen LogP) is -2.68. The summed E-state index contributed by atoms with van der Waals surface area (Å²) >= 11 is 0. The molecule has 12 heterocycles. The van der Waals surface area contributed by atoms with Crippen molar-refractivity contribution in [2.24, 2.45) is 50.2 Å². The minimum atomic E-state index is -2.29. The van der Waals surface area contributed by atoms with Crippen molar-refractivity contribution in [1.29, 1.82) is 0 Å². The zero-order chi connectivity index (χ0) is 66.9. The summed E-state index contributed by atoms with van der Waals surface area (Å²) < 4.78 is 72.3. The van der Waals surface area contributed by atoms with E-state index in [9.17, 15) is 81.1 Å². The van der Waals surface area contributed by atoms with Gasteiger partial charge in [0, 0.05) is 5.41 Å². The van der Waals surface area contributed by atoms with Crippen molar-refractivity contribution in [3.63, 3.8) is 0 Å². The van der Waals surface area contributed by atoms with Crippen molar-refractivity contribution in [3.05, 3.63) is 11.6 Å². The number of hydrogen-bond donors (Lipinski definition) is 14. The molecule has 4 saturated carbocycles. The molecule has 12 aliphatic heterocycles. The SMILES string of the molecule is C[C@@H]1O[C@H]2O[C@H]3[C@@H](OC[C@H](O)[C@@H]3O)OC(=O)[C@@]34CCC(C)(C)C[C@H]3C3=CC[C@@H]5[C@]6(C)C[C@H](O)[C@H](O[C@@H]7O[C@H](CO)[C@@H](O)[C@H](O)[C@H]7O[C@@H]7OC[C@H](OC(=O)C[C@@](C)(O)CC(=O)O[C@@H]1[C@@H](O[C@@H]1OC[C@@H](O)[C@H](O)[C@H]1O)[C@H]2O)[C@H](O)[C@H]7O)[C@](C)(CO)[C@@H]6CC[C@]5(C)[C@@]3(C)CC4. The van der Waals surface area contributed by atoms with Crippen molar-refractivity contribution in [1.82, 2.24) is 0 Å². The number of carbonyl (C=O) groups excluding carboxylic acids is 3. The lowest BCUT2D eigenvalue weighted by Gasteiger charge is -2.72. The first-order valence-corrected chi connectivity index (χ1v) is 32.6. The van der Waals surface area contributed by atoms with Crippen molar-refractivity contribution in [2.75, 3.05) is 33.0 Å². The summed E-state index contributed by atoms with van der Waals surface area (Å²) in [5.74, 6) is -3.90. The lowest BCUT2D eigenvalue weighted by Crippen LogP contribution is -2.70. The fourth-order valence-electron chi connectivity index (χ4n) is 18.5. The summed E-state index contributed by atoms with van der Waals surface area (Å²) in [4.78, 5) is 43.1. The van der Waals surface area contributed by atoms with E-state index in [0.29, 0.717) is 51.4 Å². The largest absolute Gasteiger partial charge is 0.457 e. The zero-order valence-electron chi connectivity index (χ0n) is 53.4. The zero-order valence-corrected chi connectivity index (χ0v) is 53.4. The first-order chi connectivity index (χ1) is 43.1. The molecule has 0 aromatic heterocycles. The highest BCUT2D eigenvalue weighted by Crippen LogP contribution is 2.76. The number of carbonyl (C=O) groups is 3. The second-order valence-electron chi connectivity index (χ2n) is 30.5. The Morgan fingerprint density at radius 1 is 0.565 bits per heavy atom. The van der Waals surface area contributed by atoms with Crippen molar-refractivity contribution < 1.29 is 143 Å². The van der Waals surface area contributed by atoms with Crippen LogP contribution in [0.15, 0.2) is 11.6 Å². The molecule has 92 heavy (non-hydrogen) atoms. The number of hydrogen-bond acceptors (Lipinski definition) is 29. The molecule has 29 nitrogen and oxygen atoms in total. The van der Waals surface area contributed by atoms with E-state index in [2.05, 4.69) is 40.7 Å². The van der Waals surface area contributed by atoms with E-state index >= 15 is 4.79 Å². The summed E-state index contributed by atoms with van der Waals surface area (Å²) in [6.07, 6.45) is -36.9. The van der Waals surface area contributed by atoms with Crippen LogP contribution < -0.4 is 0 Å². The van der Waals surface area contributed by atoms with Crippen LogP contribution in [-0.4, -0.2) is 275 Å². The van der Waals surface area contributed by atoms with Gasteiger partial charge in [-0.3, -0.25) is 14.4 Å². The van der Waals surface area contributed by atoms with Gasteiger partial charge in [-0.1, -0.05) is 53.2 Å². The monoisotopic (exact) mass is 1320 g/mol. The molecule has 33 atom stereocenters. The Bertz CT molecular complexity index is 2700. The van der Waals surface area contributed by atoms with E-state index in [1.165, 1.54) is 6.92 Å². The third kappa shape index (κ3) is 12.1. The quantitative estimate of drug-likeness (QED) is 0.0590. The molecule has 0 aromatic rings. The van der Waals surface area contributed by atoms with Gasteiger partial charge in [-0.15, -0.1) is 0 Å². The minimum absolute atomic E-state index is 0.109. The van der Waals surface area contributed by atoms with Gasteiger partial charge in [-0.25, -0.2) is 0 Å². The first kappa shape index (κ1) is 70.5. The van der Waals surface area contributed by atoms with Crippen molar-refractivity contribution in [2.45, 2.75) is 279 Å². The van der Waals surface area contributed by atoms with Crippen LogP contribution in [0, 0.1) is 50.2 Å². The van der Waals surface area contributed by atoms with Gasteiger partial charge >= 0.3 is 17.9 Å². The van der Waals surface area contributed by atoms with E-state index in [1.54, 1.807) is 0 Å². The standard InChI is InChI=1S/C63H98O29/c1-26-46-47(88-51-43(76)38(71)30(67)22-81-51)45(78)53(84-26)90-48-39(72)31(68)23-82-54(48)92-56(79)63-15-13-57(2,3)17-28(63)27-9-10-35-59(5)18-29(66)50(60(6,25-65)34(59)11-12-62(35,8)61(27,7)14-16-63)91-55-49(42(75)40(73)32(21-64)86-55)89-52-44(77)41(74)33(24-83-52)85-36(69)19-58(4,80)20-37(70)87-46/h9,26,28-35,38-55,64-68,71-78,80H,10-25H2,1-8H3/t26-,28-,29-,30+,31-,32+,33-,34+,35+,38-,39-,40+,41-,42-,43+,44+,45+,46-,47-,48+,49+,50-,51-,52-,53-,54-,55-,58+,59+,60+,61-,62-,63+/m0/s1. The molecular formula is C63H98O29. The van der Waals surface area contributed by atoms with Crippen LogP contribution in [0.2, 0.25) is 0 Å². The van der Waals surface area contributed by atoms with Crippen molar-refractivity contribution in [3.8, 4) is 0 Å². The molecule has 0 amide bonds. The fourth-order valence-corrected chi connectivity index (χ4v) is 18.5. The van der Waals surface area contributed by atoms with E-state index in [1.807, 2.05) is 6.92 Å². The number of esters is 3. The Labute approximate surface area is 533 Å². The number of ether oxygens (including phenoxy) is 12. The smallest absolute Gasteiger partial charge is 0.315 e. The van der Waals surface area contributed by atoms with Gasteiger partial charge in [0.15, 0.2) is 43.5 Å². The topological polar surface area (TPSA) is 445 Å². The molecule has 8 saturated heterocycles. The summed E-state index contributed by atoms with van der Waals surface area (Å²) in [5, 5.41) is 159. The highest BCUT2D eigenvalue weighted by Gasteiger charge is 2.72. The van der Waals surface area contributed by atoms with Gasteiger partial charge in [0.1, 0.15) is 79.4 Å². The van der Waals surface area contributed by atoms with Crippen LogP contribution in [0.5, 0.6) is 0 Å². The summed E-state index contributed by atoms with van der Waals surface area (Å²) in [6, 6.07) is 0. The molecule has 17 aliphatic rings. The molecule has 29 heteroatoms. The van der Waals surface area contributed by atoms with Gasteiger partial charge in [0.05, 0.1) is 75.2 Å². The molecule has 0 aromatic carbocycles. The molecule has 17 rings (SSSR count). The average Bonchev–Trinajstić information content (AvgIpc) is 0.674. The Morgan fingerprint density at radius 2 is 1.21 bits per heavy atom. The Hall–Kier alpha value is -2.77. The highest BCUT2D eigenvalue weighted by molar-refractivity contribution is 5.79. The van der Waals surface area contributed by atoms with Crippen LogP contribution in [-0.2, 0) is 71.2 Å². The summed E-state index contributed by atoms with van der Waals surface area (Å²) in [5.41, 5.74) is -5.49. The fraction of sp³-hybridized carbons (Fsp3) is 0.921. The number of aliphatic hydroxyl groups is 14. The van der Waals surface area contributed by atoms with Crippen LogP contribution in [0.3, 0.4) is 0 Å². The van der Waals surface area contributed by atoms with E-state index in [4.69, 9.17) is 56.8 Å². The average molecular weight is 1320 g/mol. The minimum Gasteiger partial charge on any atom is -0.457 e. The molecule has 1 spiro atoms. The van der Waals surface area contributed by atoms with Crippen LogP contribution >= 0.6 is 0 Å². The molecule has 524 valence electrons. The van der Waals surface area contributed by atoms with Gasteiger partial charge in [-0.05, 0) is 111 Å². The van der Waals surface area contributed by atoms with Gasteiger partial charge < -0.3 is 128 Å². The van der Waals surface area contributed by atoms with Crippen molar-refractivity contribution >= 4 is 17.9 Å². The highest BCUT2D eigenvalue weighted by atomic mass is 16.8. The lowest BCUT2D eigenvalue weighted by molar-refractivity contribution is -0.377. The third-order valence-electron chi connectivity index (χ3n) is 24.0. The molecule has 14 N–H and O–H groups in total. The Balaban J connectivity index is 0.951. The molecule has 0 radical (unpaired) electrons. The lowest BCUT2D eigenvalue weighted by atomic mass is 9.33. The Morgan fingerprint density at radius 3 is 1.90 bits per heavy atom.